The average molecular weight is 505 g/mol. The van der Waals surface area contributed by atoms with E-state index in [9.17, 15) is 9.59 Å². The van der Waals surface area contributed by atoms with Crippen LogP contribution in [0.4, 0.5) is 5.69 Å². The van der Waals surface area contributed by atoms with Crippen molar-refractivity contribution < 1.29 is 19.1 Å². The van der Waals surface area contributed by atoms with Gasteiger partial charge in [0.2, 0.25) is 11.8 Å². The first-order chi connectivity index (χ1) is 13.9. The molecule has 2 amide bonds. The van der Waals surface area contributed by atoms with Crippen molar-refractivity contribution in [2.24, 2.45) is 5.10 Å². The number of nitrogens with one attached hydrogen (secondary N) is 2. The molecule has 0 saturated carbocycles. The zero-order valence-corrected chi connectivity index (χ0v) is 18.1. The Morgan fingerprint density at radius 2 is 1.97 bits per heavy atom. The number of rotatable bonds is 8. The summed E-state index contributed by atoms with van der Waals surface area (Å²) in [4.78, 5) is 23.8. The first-order valence-electron chi connectivity index (χ1n) is 8.55. The molecule has 0 unspecified atom stereocenters. The number of hydrogen-bond donors (Lipinski definition) is 2. The molecule has 150 valence electrons. The fraction of sp³-hybridized carbons (Fsp3) is 0.190. The fourth-order valence-corrected chi connectivity index (χ4v) is 3.06. The second-order valence-corrected chi connectivity index (χ2v) is 7.07. The first-order valence-corrected chi connectivity index (χ1v) is 9.63. The molecular weight excluding hydrogens is 485 g/mol. The highest BCUT2D eigenvalue weighted by Crippen LogP contribution is 2.33. The van der Waals surface area contributed by atoms with Gasteiger partial charge in [-0.2, -0.15) is 5.10 Å². The maximum absolute atomic E-state index is 11.9. The summed E-state index contributed by atoms with van der Waals surface area (Å²) in [6.07, 6.45) is 6.32. The second kappa shape index (κ2) is 11.1. The van der Waals surface area contributed by atoms with Crippen LogP contribution in [-0.4, -0.2) is 31.7 Å². The van der Waals surface area contributed by atoms with Crippen LogP contribution in [0.15, 0.2) is 41.5 Å². The van der Waals surface area contributed by atoms with E-state index in [0.29, 0.717) is 22.7 Å². The summed E-state index contributed by atoms with van der Waals surface area (Å²) in [7, 11) is 1.52. The van der Waals surface area contributed by atoms with Crippen molar-refractivity contribution >= 4 is 46.3 Å². The number of benzene rings is 2. The van der Waals surface area contributed by atoms with Crippen molar-refractivity contribution in [1.29, 1.82) is 0 Å². The van der Waals surface area contributed by atoms with Crippen LogP contribution >= 0.6 is 22.6 Å². The molecule has 29 heavy (non-hydrogen) atoms. The maximum atomic E-state index is 11.9. The molecular formula is C21H20IN3O4. The van der Waals surface area contributed by atoms with Gasteiger partial charge in [-0.15, -0.1) is 6.42 Å². The van der Waals surface area contributed by atoms with Crippen LogP contribution in [0.3, 0.4) is 0 Å². The predicted octanol–water partition coefficient (Wildman–Crippen LogP) is 3.10. The average Bonchev–Trinajstić information content (AvgIpc) is 2.68. The zero-order valence-electron chi connectivity index (χ0n) is 16.0. The van der Waals surface area contributed by atoms with Crippen molar-refractivity contribution in [2.75, 3.05) is 19.0 Å². The van der Waals surface area contributed by atoms with E-state index in [0.717, 1.165) is 9.13 Å². The van der Waals surface area contributed by atoms with E-state index < -0.39 is 11.8 Å². The van der Waals surface area contributed by atoms with Gasteiger partial charge in [0.25, 0.3) is 0 Å². The van der Waals surface area contributed by atoms with Gasteiger partial charge in [0, 0.05) is 5.69 Å². The molecule has 0 radical (unpaired) electrons. The lowest BCUT2D eigenvalue weighted by Gasteiger charge is -2.11. The van der Waals surface area contributed by atoms with Crippen LogP contribution in [-0.2, 0) is 9.59 Å². The normalized spacial score (nSPS) is 10.3. The number of carbonyl (C=O) groups is 2. The van der Waals surface area contributed by atoms with E-state index >= 15 is 0 Å². The third-order valence-corrected chi connectivity index (χ3v) is 4.41. The molecule has 0 bridgehead atoms. The van der Waals surface area contributed by atoms with Gasteiger partial charge in [0.05, 0.1) is 16.9 Å². The molecule has 0 aliphatic rings. The zero-order chi connectivity index (χ0) is 21.2. The summed E-state index contributed by atoms with van der Waals surface area (Å²) in [5, 5.41) is 6.54. The molecule has 0 heterocycles. The van der Waals surface area contributed by atoms with E-state index in [1.165, 1.54) is 13.3 Å². The largest absolute Gasteiger partial charge is 0.493 e. The molecule has 2 rings (SSSR count). The van der Waals surface area contributed by atoms with Crippen molar-refractivity contribution in [2.45, 2.75) is 13.3 Å². The van der Waals surface area contributed by atoms with Gasteiger partial charge in [-0.05, 0) is 59.3 Å². The predicted molar refractivity (Wildman–Crippen MR) is 120 cm³/mol. The number of nitrogens with zero attached hydrogens (tertiary/aromatic N) is 1. The minimum absolute atomic E-state index is 0.126. The molecule has 8 heteroatoms. The van der Waals surface area contributed by atoms with E-state index in [4.69, 9.17) is 15.9 Å². The van der Waals surface area contributed by atoms with Gasteiger partial charge in [-0.3, -0.25) is 9.59 Å². The number of amides is 2. The minimum Gasteiger partial charge on any atom is -0.493 e. The quantitative estimate of drug-likeness (QED) is 0.190. The number of carbonyl (C=O) groups excluding carboxylic acids is 2. The minimum atomic E-state index is -0.526. The SMILES string of the molecule is C#CCOc1c(I)cc(C=NNC(=O)CC(=O)Nc2ccc(C)cc2)cc1OC. The molecule has 0 atom stereocenters. The maximum Gasteiger partial charge on any atom is 0.249 e. The van der Waals surface area contributed by atoms with Crippen LogP contribution in [0.5, 0.6) is 11.5 Å². The van der Waals surface area contributed by atoms with Crippen LogP contribution in [0.1, 0.15) is 17.5 Å². The van der Waals surface area contributed by atoms with Crippen molar-refractivity contribution in [1.82, 2.24) is 5.43 Å². The summed E-state index contributed by atoms with van der Waals surface area (Å²) in [6, 6.07) is 10.8. The Hall–Kier alpha value is -3.06. The number of ether oxygens (including phenoxy) is 2. The third kappa shape index (κ3) is 7.12. The Balaban J connectivity index is 1.92. The molecule has 0 spiro atoms. The summed E-state index contributed by atoms with van der Waals surface area (Å²) >= 11 is 2.09. The van der Waals surface area contributed by atoms with Gasteiger partial charge in [-0.1, -0.05) is 23.6 Å². The Morgan fingerprint density at radius 3 is 2.62 bits per heavy atom. The van der Waals surface area contributed by atoms with Gasteiger partial charge in [0.15, 0.2) is 11.5 Å². The highest BCUT2D eigenvalue weighted by atomic mass is 127. The molecule has 0 fully saturated rings. The van der Waals surface area contributed by atoms with Crippen molar-refractivity contribution in [3.05, 3.63) is 51.1 Å². The van der Waals surface area contributed by atoms with Gasteiger partial charge in [0.1, 0.15) is 13.0 Å². The fourth-order valence-electron chi connectivity index (χ4n) is 2.27. The molecule has 7 nitrogen and oxygen atoms in total. The summed E-state index contributed by atoms with van der Waals surface area (Å²) in [5.74, 6) is 2.49. The molecule has 2 N–H and O–H groups in total. The van der Waals surface area contributed by atoms with Crippen LogP contribution in [0.25, 0.3) is 0 Å². The number of terminal acetylenes is 1. The summed E-state index contributed by atoms with van der Waals surface area (Å²) in [6.45, 7) is 2.08. The van der Waals surface area contributed by atoms with Gasteiger partial charge >= 0.3 is 0 Å². The number of hydrazone groups is 1. The van der Waals surface area contributed by atoms with E-state index in [1.54, 1.807) is 24.3 Å². The Morgan fingerprint density at radius 1 is 1.24 bits per heavy atom. The molecule has 0 aliphatic carbocycles. The van der Waals surface area contributed by atoms with Crippen LogP contribution in [0, 0.1) is 22.8 Å². The molecule has 2 aromatic carbocycles. The standard InChI is InChI=1S/C21H20IN3O4/c1-4-9-29-21-17(22)10-15(11-18(21)28-3)13-23-25-20(27)12-19(26)24-16-7-5-14(2)6-8-16/h1,5-8,10-11,13H,9,12H2,2-3H3,(H,24,26)(H,25,27). The van der Waals surface area contributed by atoms with Crippen molar-refractivity contribution in [3.63, 3.8) is 0 Å². The third-order valence-electron chi connectivity index (χ3n) is 3.61. The van der Waals surface area contributed by atoms with Gasteiger partial charge in [-0.25, -0.2) is 5.43 Å². The summed E-state index contributed by atoms with van der Waals surface area (Å²) < 4.78 is 11.6. The first kappa shape index (κ1) is 22.2. The lowest BCUT2D eigenvalue weighted by molar-refractivity contribution is -0.126. The van der Waals surface area contributed by atoms with Crippen LogP contribution < -0.4 is 20.2 Å². The monoisotopic (exact) mass is 505 g/mol. The highest BCUT2D eigenvalue weighted by Gasteiger charge is 2.11. The van der Waals surface area contributed by atoms with Crippen molar-refractivity contribution in [3.8, 4) is 23.8 Å². The Bertz CT molecular complexity index is 950. The van der Waals surface area contributed by atoms with Crippen LogP contribution in [0.2, 0.25) is 0 Å². The van der Waals surface area contributed by atoms with E-state index in [2.05, 4.69) is 44.4 Å². The molecule has 0 aliphatic heterocycles. The number of halogens is 1. The lowest BCUT2D eigenvalue weighted by Crippen LogP contribution is -2.24. The smallest absolute Gasteiger partial charge is 0.249 e. The molecule has 0 saturated heterocycles. The van der Waals surface area contributed by atoms with E-state index in [1.807, 2.05) is 19.1 Å². The topological polar surface area (TPSA) is 89.0 Å². The number of methoxy groups -OCH3 is 1. The highest BCUT2D eigenvalue weighted by molar-refractivity contribution is 14.1. The molecule has 0 aromatic heterocycles. The number of hydrogen-bond acceptors (Lipinski definition) is 5. The second-order valence-electron chi connectivity index (χ2n) is 5.91. The van der Waals surface area contributed by atoms with E-state index in [-0.39, 0.29) is 13.0 Å². The Kier molecular flexibility index (Phi) is 8.48. The number of anilines is 1. The van der Waals surface area contributed by atoms with Gasteiger partial charge < -0.3 is 14.8 Å². The summed E-state index contributed by atoms with van der Waals surface area (Å²) in [5.41, 5.74) is 4.73. The molecule has 2 aromatic rings. The Labute approximate surface area is 183 Å². The lowest BCUT2D eigenvalue weighted by atomic mass is 10.2. The number of aryl methyl sites for hydroxylation is 1.